The Labute approximate surface area is 109 Å². The maximum Gasteiger partial charge on any atom is 0.322 e. The first-order chi connectivity index (χ1) is 8.74. The van der Waals surface area contributed by atoms with Crippen LogP contribution in [0.25, 0.3) is 0 Å². The molecule has 0 radical (unpaired) electrons. The van der Waals surface area contributed by atoms with Crippen molar-refractivity contribution in [2.75, 3.05) is 11.1 Å². The van der Waals surface area contributed by atoms with Crippen LogP contribution >= 0.6 is 11.8 Å². The zero-order valence-electron chi connectivity index (χ0n) is 9.92. The second-order valence-electron chi connectivity index (χ2n) is 3.59. The van der Waals surface area contributed by atoms with Gasteiger partial charge in [0.2, 0.25) is 11.8 Å². The predicted molar refractivity (Wildman–Crippen MR) is 69.5 cm³/mol. The number of aromatic nitrogens is 2. The van der Waals surface area contributed by atoms with Crippen molar-refractivity contribution in [1.29, 1.82) is 0 Å². The highest BCUT2D eigenvalue weighted by molar-refractivity contribution is 7.99. The van der Waals surface area contributed by atoms with Crippen molar-refractivity contribution in [1.82, 2.24) is 10.2 Å². The smallest absolute Gasteiger partial charge is 0.322 e. The van der Waals surface area contributed by atoms with Gasteiger partial charge in [0, 0.05) is 24.0 Å². The van der Waals surface area contributed by atoms with E-state index in [2.05, 4.69) is 27.6 Å². The predicted octanol–water partition coefficient (Wildman–Crippen LogP) is 2.36. The zero-order valence-corrected chi connectivity index (χ0v) is 10.7. The molecule has 1 N–H and O–H groups in total. The molecule has 0 saturated carbocycles. The molecular weight excluding hydrogens is 250 g/mol. The van der Waals surface area contributed by atoms with Gasteiger partial charge in [-0.25, -0.2) is 0 Å². The summed E-state index contributed by atoms with van der Waals surface area (Å²) in [5.74, 6) is 1.16. The summed E-state index contributed by atoms with van der Waals surface area (Å²) >= 11 is 1.72. The van der Waals surface area contributed by atoms with Crippen LogP contribution in [0.1, 0.15) is 12.8 Å². The van der Waals surface area contributed by atoms with E-state index in [1.54, 1.807) is 11.8 Å². The summed E-state index contributed by atoms with van der Waals surface area (Å²) in [6.07, 6.45) is 0.673. The van der Waals surface area contributed by atoms with Crippen LogP contribution in [0.4, 0.5) is 6.01 Å². The van der Waals surface area contributed by atoms with Crippen molar-refractivity contribution in [3.8, 4) is 0 Å². The molecule has 0 atom stereocenters. The van der Waals surface area contributed by atoms with Gasteiger partial charge in [0.25, 0.3) is 0 Å². The Morgan fingerprint density at radius 3 is 2.83 bits per heavy atom. The first-order valence-corrected chi connectivity index (χ1v) is 6.50. The fraction of sp³-hybridized carbons (Fsp3) is 0.250. The Bertz CT molecular complexity index is 513. The zero-order chi connectivity index (χ0) is 12.8. The summed E-state index contributed by atoms with van der Waals surface area (Å²) in [5.41, 5.74) is 0. The van der Waals surface area contributed by atoms with Crippen LogP contribution in [-0.2, 0) is 11.2 Å². The van der Waals surface area contributed by atoms with Crippen molar-refractivity contribution in [2.24, 2.45) is 0 Å². The van der Waals surface area contributed by atoms with Gasteiger partial charge in [-0.2, -0.15) is 0 Å². The number of hydrogen-bond acceptors (Lipinski definition) is 5. The second kappa shape index (κ2) is 6.20. The van der Waals surface area contributed by atoms with E-state index in [1.807, 2.05) is 18.2 Å². The van der Waals surface area contributed by atoms with Gasteiger partial charge in [-0.05, 0) is 12.1 Å². The molecule has 1 amide bonds. The first kappa shape index (κ1) is 12.6. The molecule has 2 aromatic rings. The molecule has 0 fully saturated rings. The van der Waals surface area contributed by atoms with Gasteiger partial charge in [0.15, 0.2) is 0 Å². The number of anilines is 1. The highest BCUT2D eigenvalue weighted by Gasteiger charge is 2.06. The van der Waals surface area contributed by atoms with E-state index in [0.29, 0.717) is 12.3 Å². The van der Waals surface area contributed by atoms with Gasteiger partial charge < -0.3 is 4.42 Å². The molecule has 0 aliphatic rings. The topological polar surface area (TPSA) is 68.0 Å². The molecule has 18 heavy (non-hydrogen) atoms. The molecule has 1 aromatic carbocycles. The Balaban J connectivity index is 1.80. The SMILES string of the molecule is CC(=O)Nc1nnc(CCSc2ccccc2)o1. The van der Waals surface area contributed by atoms with E-state index in [-0.39, 0.29) is 11.9 Å². The molecule has 0 unspecified atom stereocenters. The Hall–Kier alpha value is -1.82. The van der Waals surface area contributed by atoms with E-state index >= 15 is 0 Å². The van der Waals surface area contributed by atoms with Crippen molar-refractivity contribution < 1.29 is 9.21 Å². The standard InChI is InChI=1S/C12H13N3O2S/c1-9(16)13-12-15-14-11(17-12)7-8-18-10-5-3-2-4-6-10/h2-6H,7-8H2,1H3,(H,13,15,16). The van der Waals surface area contributed by atoms with Crippen LogP contribution in [0.5, 0.6) is 0 Å². The minimum absolute atomic E-state index is 0.155. The Morgan fingerprint density at radius 2 is 2.11 bits per heavy atom. The third-order valence-electron chi connectivity index (χ3n) is 2.08. The van der Waals surface area contributed by atoms with Gasteiger partial charge in [0.05, 0.1) is 0 Å². The average Bonchev–Trinajstić information content (AvgIpc) is 2.77. The number of carbonyl (C=O) groups excluding carboxylic acids is 1. The maximum absolute atomic E-state index is 10.8. The molecule has 5 nitrogen and oxygen atoms in total. The van der Waals surface area contributed by atoms with Crippen LogP contribution < -0.4 is 5.32 Å². The molecule has 0 saturated heterocycles. The van der Waals surface area contributed by atoms with Gasteiger partial charge in [-0.1, -0.05) is 23.3 Å². The first-order valence-electron chi connectivity index (χ1n) is 5.52. The summed E-state index contributed by atoms with van der Waals surface area (Å²) in [7, 11) is 0. The molecule has 0 aliphatic carbocycles. The maximum atomic E-state index is 10.8. The lowest BCUT2D eigenvalue weighted by Gasteiger charge is -1.98. The number of nitrogens with one attached hydrogen (secondary N) is 1. The third kappa shape index (κ3) is 3.89. The van der Waals surface area contributed by atoms with Crippen LogP contribution in [-0.4, -0.2) is 21.9 Å². The van der Waals surface area contributed by atoms with E-state index in [9.17, 15) is 4.79 Å². The molecule has 1 aromatic heterocycles. The molecule has 0 aliphatic heterocycles. The molecular formula is C12H13N3O2S. The molecule has 1 heterocycles. The van der Waals surface area contributed by atoms with Crippen molar-refractivity contribution >= 4 is 23.7 Å². The fourth-order valence-corrected chi connectivity index (χ4v) is 2.19. The van der Waals surface area contributed by atoms with E-state index in [0.717, 1.165) is 5.75 Å². The van der Waals surface area contributed by atoms with E-state index < -0.39 is 0 Å². The summed E-state index contributed by atoms with van der Waals surface area (Å²) in [6, 6.07) is 10.3. The molecule has 0 bridgehead atoms. The minimum Gasteiger partial charge on any atom is -0.408 e. The highest BCUT2D eigenvalue weighted by Crippen LogP contribution is 2.18. The number of nitrogens with zero attached hydrogens (tertiary/aromatic N) is 2. The van der Waals surface area contributed by atoms with Gasteiger partial charge in [-0.15, -0.1) is 16.9 Å². The van der Waals surface area contributed by atoms with E-state index in [4.69, 9.17) is 4.42 Å². The summed E-state index contributed by atoms with van der Waals surface area (Å²) in [5, 5.41) is 10.0. The van der Waals surface area contributed by atoms with Crippen molar-refractivity contribution in [3.63, 3.8) is 0 Å². The number of carbonyl (C=O) groups is 1. The number of thioether (sulfide) groups is 1. The van der Waals surface area contributed by atoms with Gasteiger partial charge >= 0.3 is 6.01 Å². The normalized spacial score (nSPS) is 10.3. The largest absolute Gasteiger partial charge is 0.408 e. The van der Waals surface area contributed by atoms with Crippen LogP contribution in [0.15, 0.2) is 39.6 Å². The lowest BCUT2D eigenvalue weighted by Crippen LogP contribution is -2.05. The van der Waals surface area contributed by atoms with Crippen LogP contribution in [0.2, 0.25) is 0 Å². The second-order valence-corrected chi connectivity index (χ2v) is 4.76. The summed E-state index contributed by atoms with van der Waals surface area (Å²) in [6.45, 7) is 1.40. The number of aryl methyl sites for hydroxylation is 1. The lowest BCUT2D eigenvalue weighted by molar-refractivity contribution is -0.114. The summed E-state index contributed by atoms with van der Waals surface area (Å²) < 4.78 is 5.26. The van der Waals surface area contributed by atoms with Crippen molar-refractivity contribution in [2.45, 2.75) is 18.2 Å². The molecule has 0 spiro atoms. The quantitative estimate of drug-likeness (QED) is 0.839. The number of amides is 1. The van der Waals surface area contributed by atoms with Crippen LogP contribution in [0, 0.1) is 0 Å². The average molecular weight is 263 g/mol. The summed E-state index contributed by atoms with van der Waals surface area (Å²) in [4.78, 5) is 12.0. The minimum atomic E-state index is -0.219. The Kier molecular flexibility index (Phi) is 4.35. The van der Waals surface area contributed by atoms with E-state index in [1.165, 1.54) is 11.8 Å². The number of hydrogen-bond donors (Lipinski definition) is 1. The van der Waals surface area contributed by atoms with Gasteiger partial charge in [-0.3, -0.25) is 10.1 Å². The lowest BCUT2D eigenvalue weighted by atomic mass is 10.4. The number of benzene rings is 1. The monoisotopic (exact) mass is 263 g/mol. The number of rotatable bonds is 5. The third-order valence-corrected chi connectivity index (χ3v) is 3.09. The van der Waals surface area contributed by atoms with Crippen molar-refractivity contribution in [3.05, 3.63) is 36.2 Å². The van der Waals surface area contributed by atoms with Crippen LogP contribution in [0.3, 0.4) is 0 Å². The molecule has 94 valence electrons. The Morgan fingerprint density at radius 1 is 1.33 bits per heavy atom. The molecule has 2 rings (SSSR count). The highest BCUT2D eigenvalue weighted by atomic mass is 32.2. The van der Waals surface area contributed by atoms with Gasteiger partial charge in [0.1, 0.15) is 0 Å². The fourth-order valence-electron chi connectivity index (χ4n) is 1.33. The molecule has 6 heteroatoms.